The number of benzene rings is 1. The quantitative estimate of drug-likeness (QED) is 0.836. The van der Waals surface area contributed by atoms with Gasteiger partial charge in [0.25, 0.3) is 0 Å². The monoisotopic (exact) mass is 254 g/mol. The first-order chi connectivity index (χ1) is 8.24. The van der Waals surface area contributed by atoms with E-state index in [1.807, 2.05) is 12.1 Å². The lowest BCUT2D eigenvalue weighted by atomic mass is 10.1. The summed E-state index contributed by atoms with van der Waals surface area (Å²) in [5.41, 5.74) is 5.93. The Balaban J connectivity index is 1.70. The Morgan fingerprint density at radius 3 is 2.82 bits per heavy atom. The van der Waals surface area contributed by atoms with Gasteiger partial charge >= 0.3 is 0 Å². The average Bonchev–Trinajstić information content (AvgIpc) is 2.32. The van der Waals surface area contributed by atoms with Gasteiger partial charge in [0.2, 0.25) is 0 Å². The molecular weight excluding hydrogens is 235 g/mol. The van der Waals surface area contributed by atoms with Gasteiger partial charge in [-0.15, -0.1) is 11.8 Å². The molecule has 1 aromatic carbocycles. The first-order valence-electron chi connectivity index (χ1n) is 6.10. The minimum absolute atomic E-state index is 0.170. The zero-order valence-corrected chi connectivity index (χ0v) is 10.8. The topological polar surface area (TPSA) is 29.3 Å². The molecule has 0 aromatic heterocycles. The van der Waals surface area contributed by atoms with Crippen LogP contribution in [0.25, 0.3) is 0 Å². The minimum atomic E-state index is -0.170. The summed E-state index contributed by atoms with van der Waals surface area (Å²) in [7, 11) is 0. The zero-order chi connectivity index (χ0) is 12.1. The molecule has 0 amide bonds. The lowest BCUT2D eigenvalue weighted by Crippen LogP contribution is -2.43. The second kappa shape index (κ2) is 6.38. The van der Waals surface area contributed by atoms with Crippen LogP contribution in [0.15, 0.2) is 29.2 Å². The van der Waals surface area contributed by atoms with Gasteiger partial charge in [-0.05, 0) is 43.7 Å². The van der Waals surface area contributed by atoms with Crippen molar-refractivity contribution in [3.05, 3.63) is 30.1 Å². The third-order valence-electron chi connectivity index (χ3n) is 3.03. The Morgan fingerprint density at radius 1 is 1.35 bits per heavy atom. The molecule has 1 heterocycles. The van der Waals surface area contributed by atoms with Crippen molar-refractivity contribution in [1.29, 1.82) is 0 Å². The summed E-state index contributed by atoms with van der Waals surface area (Å²) in [6, 6.07) is 7.04. The van der Waals surface area contributed by atoms with E-state index in [0.717, 1.165) is 36.7 Å². The van der Waals surface area contributed by atoms with Crippen LogP contribution in [0.3, 0.4) is 0 Å². The standard InChI is InChI=1S/C13H19FN2S/c14-11-3-5-13(6-4-11)17-9-8-16-7-1-2-12(15)10-16/h3-6,12H,1-2,7-10,15H2. The SMILES string of the molecule is NC1CCCN(CCSc2ccc(F)cc2)C1. The van der Waals surface area contributed by atoms with Crippen LogP contribution >= 0.6 is 11.8 Å². The highest BCUT2D eigenvalue weighted by molar-refractivity contribution is 7.99. The number of hydrogen-bond donors (Lipinski definition) is 1. The Hall–Kier alpha value is -0.580. The number of thioether (sulfide) groups is 1. The maximum Gasteiger partial charge on any atom is 0.123 e. The number of nitrogens with zero attached hydrogens (tertiary/aromatic N) is 1. The predicted molar refractivity (Wildman–Crippen MR) is 70.8 cm³/mol. The van der Waals surface area contributed by atoms with Gasteiger partial charge in [-0.3, -0.25) is 0 Å². The van der Waals surface area contributed by atoms with Crippen LogP contribution in [0.5, 0.6) is 0 Å². The summed E-state index contributed by atoms with van der Waals surface area (Å²) in [6.45, 7) is 3.25. The van der Waals surface area contributed by atoms with E-state index in [2.05, 4.69) is 4.90 Å². The minimum Gasteiger partial charge on any atom is -0.327 e. The van der Waals surface area contributed by atoms with Crippen molar-refractivity contribution in [2.24, 2.45) is 5.73 Å². The molecule has 0 spiro atoms. The number of nitrogens with two attached hydrogens (primary N) is 1. The molecule has 0 aliphatic carbocycles. The van der Waals surface area contributed by atoms with Gasteiger partial charge < -0.3 is 10.6 Å². The van der Waals surface area contributed by atoms with E-state index in [1.165, 1.54) is 18.6 Å². The Kier molecular flexibility index (Phi) is 4.83. The first kappa shape index (κ1) is 12.9. The van der Waals surface area contributed by atoms with Crippen LogP contribution in [0, 0.1) is 5.82 Å². The van der Waals surface area contributed by atoms with Crippen molar-refractivity contribution >= 4 is 11.8 Å². The van der Waals surface area contributed by atoms with E-state index in [4.69, 9.17) is 5.73 Å². The lowest BCUT2D eigenvalue weighted by Gasteiger charge is -2.30. The normalized spacial score (nSPS) is 21.6. The summed E-state index contributed by atoms with van der Waals surface area (Å²) >= 11 is 1.77. The van der Waals surface area contributed by atoms with E-state index in [-0.39, 0.29) is 5.82 Å². The highest BCUT2D eigenvalue weighted by Crippen LogP contribution is 2.18. The molecule has 1 aliphatic heterocycles. The van der Waals surface area contributed by atoms with Gasteiger partial charge in [0.05, 0.1) is 0 Å². The molecule has 0 saturated carbocycles. The van der Waals surface area contributed by atoms with Crippen LogP contribution in [0.4, 0.5) is 4.39 Å². The van der Waals surface area contributed by atoms with Crippen molar-refractivity contribution in [3.8, 4) is 0 Å². The smallest absolute Gasteiger partial charge is 0.123 e. The van der Waals surface area contributed by atoms with Gasteiger partial charge in [0.1, 0.15) is 5.82 Å². The van der Waals surface area contributed by atoms with Gasteiger partial charge in [-0.2, -0.15) is 0 Å². The molecule has 1 saturated heterocycles. The van der Waals surface area contributed by atoms with Crippen LogP contribution in [-0.2, 0) is 0 Å². The van der Waals surface area contributed by atoms with E-state index in [9.17, 15) is 4.39 Å². The number of hydrogen-bond acceptors (Lipinski definition) is 3. The summed E-state index contributed by atoms with van der Waals surface area (Å²) < 4.78 is 12.7. The molecule has 1 aromatic rings. The van der Waals surface area contributed by atoms with Gasteiger partial charge in [0.15, 0.2) is 0 Å². The predicted octanol–water partition coefficient (Wildman–Crippen LogP) is 2.34. The van der Waals surface area contributed by atoms with Gasteiger partial charge in [-0.1, -0.05) is 0 Å². The number of piperidine rings is 1. The third kappa shape index (κ3) is 4.30. The maximum atomic E-state index is 12.7. The Bertz CT molecular complexity index is 342. The van der Waals surface area contributed by atoms with Crippen LogP contribution < -0.4 is 5.73 Å². The summed E-state index contributed by atoms with van der Waals surface area (Å²) in [5, 5.41) is 0. The second-order valence-electron chi connectivity index (χ2n) is 4.51. The van der Waals surface area contributed by atoms with Crippen molar-refractivity contribution < 1.29 is 4.39 Å². The first-order valence-corrected chi connectivity index (χ1v) is 7.09. The highest BCUT2D eigenvalue weighted by Gasteiger charge is 2.15. The van der Waals surface area contributed by atoms with Crippen molar-refractivity contribution in [1.82, 2.24) is 4.90 Å². The van der Waals surface area contributed by atoms with Crippen molar-refractivity contribution in [2.45, 2.75) is 23.8 Å². The lowest BCUT2D eigenvalue weighted by molar-refractivity contribution is 0.221. The largest absolute Gasteiger partial charge is 0.327 e. The summed E-state index contributed by atoms with van der Waals surface area (Å²) in [4.78, 5) is 3.55. The number of rotatable bonds is 4. The molecule has 4 heteroatoms. The van der Waals surface area contributed by atoms with Crippen molar-refractivity contribution in [3.63, 3.8) is 0 Å². The molecule has 2 rings (SSSR count). The molecule has 1 atom stereocenters. The molecule has 17 heavy (non-hydrogen) atoms. The molecule has 0 radical (unpaired) electrons. The molecule has 2 N–H and O–H groups in total. The van der Waals surface area contributed by atoms with Gasteiger partial charge in [-0.25, -0.2) is 4.39 Å². The van der Waals surface area contributed by atoms with E-state index in [1.54, 1.807) is 11.8 Å². The van der Waals surface area contributed by atoms with Crippen LogP contribution in [-0.4, -0.2) is 36.3 Å². The highest BCUT2D eigenvalue weighted by atomic mass is 32.2. The second-order valence-corrected chi connectivity index (χ2v) is 5.67. The molecular formula is C13H19FN2S. The van der Waals surface area contributed by atoms with Crippen LogP contribution in [0.2, 0.25) is 0 Å². The molecule has 94 valence electrons. The average molecular weight is 254 g/mol. The van der Waals surface area contributed by atoms with E-state index < -0.39 is 0 Å². The fourth-order valence-corrected chi connectivity index (χ4v) is 3.03. The molecule has 1 aliphatic rings. The summed E-state index contributed by atoms with van der Waals surface area (Å²) in [5.74, 6) is 0.870. The number of likely N-dealkylation sites (tertiary alicyclic amines) is 1. The fraction of sp³-hybridized carbons (Fsp3) is 0.538. The van der Waals surface area contributed by atoms with Gasteiger partial charge in [0, 0.05) is 29.8 Å². The van der Waals surface area contributed by atoms with E-state index in [0.29, 0.717) is 6.04 Å². The van der Waals surface area contributed by atoms with E-state index >= 15 is 0 Å². The number of halogens is 1. The Labute approximate surface area is 106 Å². The van der Waals surface area contributed by atoms with Crippen molar-refractivity contribution in [2.75, 3.05) is 25.4 Å². The maximum absolute atomic E-state index is 12.7. The molecule has 2 nitrogen and oxygen atoms in total. The fourth-order valence-electron chi connectivity index (χ4n) is 2.12. The molecule has 0 bridgehead atoms. The zero-order valence-electron chi connectivity index (χ0n) is 9.94. The Morgan fingerprint density at radius 2 is 2.12 bits per heavy atom. The molecule has 1 unspecified atom stereocenters. The third-order valence-corrected chi connectivity index (χ3v) is 4.02. The molecule has 1 fully saturated rings. The van der Waals surface area contributed by atoms with Crippen LogP contribution in [0.1, 0.15) is 12.8 Å². The summed E-state index contributed by atoms with van der Waals surface area (Å²) in [6.07, 6.45) is 2.37.